The number of rotatable bonds is 1. The zero-order valence-corrected chi connectivity index (χ0v) is 7.49. The monoisotopic (exact) mass is 178 g/mol. The zero-order valence-electron chi connectivity index (χ0n) is 7.49. The third-order valence-electron chi connectivity index (χ3n) is 2.26. The van der Waals surface area contributed by atoms with Crippen LogP contribution in [-0.2, 0) is 4.74 Å². The first-order chi connectivity index (χ1) is 6.36. The van der Waals surface area contributed by atoms with Crippen LogP contribution < -0.4 is 11.1 Å². The molecule has 1 fully saturated rings. The smallest absolute Gasteiger partial charge is 0.0662 e. The summed E-state index contributed by atoms with van der Waals surface area (Å²) >= 11 is 0. The molecule has 1 aromatic carbocycles. The summed E-state index contributed by atoms with van der Waals surface area (Å²) in [6.07, 6.45) is 0. The lowest BCUT2D eigenvalue weighted by atomic mass is 10.1. The highest BCUT2D eigenvalue weighted by atomic mass is 16.5. The van der Waals surface area contributed by atoms with Gasteiger partial charge in [-0.3, -0.25) is 0 Å². The van der Waals surface area contributed by atoms with Gasteiger partial charge < -0.3 is 15.8 Å². The van der Waals surface area contributed by atoms with Crippen molar-refractivity contribution in [2.75, 3.05) is 25.5 Å². The first kappa shape index (κ1) is 8.53. The van der Waals surface area contributed by atoms with Crippen molar-refractivity contribution in [2.45, 2.75) is 6.04 Å². The molecule has 0 radical (unpaired) electrons. The number of nitrogens with one attached hydrogen (secondary N) is 1. The number of ether oxygens (including phenoxy) is 1. The highest BCUT2D eigenvalue weighted by molar-refractivity contribution is 5.40. The van der Waals surface area contributed by atoms with Crippen molar-refractivity contribution < 1.29 is 4.74 Å². The first-order valence-electron chi connectivity index (χ1n) is 4.53. The fourth-order valence-corrected chi connectivity index (χ4v) is 1.51. The molecule has 0 aromatic heterocycles. The second kappa shape index (κ2) is 3.77. The summed E-state index contributed by atoms with van der Waals surface area (Å²) in [6.45, 7) is 2.49. The largest absolute Gasteiger partial charge is 0.399 e. The second-order valence-electron chi connectivity index (χ2n) is 3.25. The summed E-state index contributed by atoms with van der Waals surface area (Å²) in [5.74, 6) is 0. The number of hydrogen-bond acceptors (Lipinski definition) is 3. The van der Waals surface area contributed by atoms with Gasteiger partial charge in [-0.15, -0.1) is 0 Å². The number of hydrogen-bond donors (Lipinski definition) is 2. The molecule has 13 heavy (non-hydrogen) atoms. The molecule has 1 aliphatic heterocycles. The maximum absolute atomic E-state index is 5.60. The zero-order chi connectivity index (χ0) is 9.10. The Labute approximate surface area is 77.9 Å². The summed E-state index contributed by atoms with van der Waals surface area (Å²) in [5, 5.41) is 3.39. The molecule has 1 aromatic rings. The van der Waals surface area contributed by atoms with Crippen LogP contribution in [0.4, 0.5) is 5.69 Å². The van der Waals surface area contributed by atoms with Gasteiger partial charge in [0.15, 0.2) is 0 Å². The van der Waals surface area contributed by atoms with Gasteiger partial charge in [-0.25, -0.2) is 0 Å². The number of morpholine rings is 1. The highest BCUT2D eigenvalue weighted by Crippen LogP contribution is 2.16. The number of anilines is 1. The summed E-state index contributed by atoms with van der Waals surface area (Å²) in [6, 6.07) is 8.26. The molecule has 0 spiro atoms. The molecular weight excluding hydrogens is 164 g/mol. The topological polar surface area (TPSA) is 47.3 Å². The molecule has 0 unspecified atom stereocenters. The standard InChI is InChI=1S/C10H14N2O/c11-9-3-1-8(2-4-9)10-7-13-6-5-12-10/h1-4,10,12H,5-7,11H2/t10-/m0/s1. The van der Waals surface area contributed by atoms with Gasteiger partial charge in [-0.2, -0.15) is 0 Å². The van der Waals surface area contributed by atoms with Crippen molar-refractivity contribution in [1.82, 2.24) is 5.32 Å². The Balaban J connectivity index is 2.10. The van der Waals surface area contributed by atoms with Gasteiger partial charge >= 0.3 is 0 Å². The van der Waals surface area contributed by atoms with Crippen LogP contribution in [-0.4, -0.2) is 19.8 Å². The van der Waals surface area contributed by atoms with Crippen molar-refractivity contribution in [3.8, 4) is 0 Å². The Hall–Kier alpha value is -1.06. The summed E-state index contributed by atoms with van der Waals surface area (Å²) < 4.78 is 5.37. The average Bonchev–Trinajstić information content (AvgIpc) is 2.20. The average molecular weight is 178 g/mol. The molecule has 1 atom stereocenters. The van der Waals surface area contributed by atoms with Gasteiger partial charge in [-0.05, 0) is 17.7 Å². The van der Waals surface area contributed by atoms with Crippen LogP contribution in [0, 0.1) is 0 Å². The lowest BCUT2D eigenvalue weighted by Crippen LogP contribution is -2.34. The number of nitrogen functional groups attached to an aromatic ring is 1. The summed E-state index contributed by atoms with van der Waals surface area (Å²) in [5.41, 5.74) is 7.65. The molecule has 3 N–H and O–H groups in total. The molecule has 2 rings (SSSR count). The van der Waals surface area contributed by atoms with E-state index in [2.05, 4.69) is 5.32 Å². The summed E-state index contributed by atoms with van der Waals surface area (Å²) in [4.78, 5) is 0. The minimum atomic E-state index is 0.328. The maximum atomic E-state index is 5.60. The fraction of sp³-hybridized carbons (Fsp3) is 0.400. The second-order valence-corrected chi connectivity index (χ2v) is 3.25. The number of nitrogens with two attached hydrogens (primary N) is 1. The van der Waals surface area contributed by atoms with E-state index in [0.717, 1.165) is 25.4 Å². The van der Waals surface area contributed by atoms with Crippen LogP contribution in [0.3, 0.4) is 0 Å². The lowest BCUT2D eigenvalue weighted by Gasteiger charge is -2.24. The molecule has 0 saturated carbocycles. The molecular formula is C10H14N2O. The van der Waals surface area contributed by atoms with Crippen LogP contribution in [0.25, 0.3) is 0 Å². The van der Waals surface area contributed by atoms with Crippen molar-refractivity contribution in [3.05, 3.63) is 29.8 Å². The van der Waals surface area contributed by atoms with Gasteiger partial charge in [0.05, 0.1) is 19.3 Å². The van der Waals surface area contributed by atoms with Crippen LogP contribution >= 0.6 is 0 Å². The van der Waals surface area contributed by atoms with Gasteiger partial charge in [0, 0.05) is 12.2 Å². The van der Waals surface area contributed by atoms with Crippen molar-refractivity contribution in [3.63, 3.8) is 0 Å². The Bertz CT molecular complexity index is 265. The van der Waals surface area contributed by atoms with E-state index in [1.165, 1.54) is 5.56 Å². The van der Waals surface area contributed by atoms with Gasteiger partial charge in [0.25, 0.3) is 0 Å². The predicted molar refractivity (Wildman–Crippen MR) is 52.4 cm³/mol. The summed E-state index contributed by atoms with van der Waals surface area (Å²) in [7, 11) is 0. The third-order valence-corrected chi connectivity index (χ3v) is 2.26. The van der Waals surface area contributed by atoms with Gasteiger partial charge in [-0.1, -0.05) is 12.1 Å². The van der Waals surface area contributed by atoms with Crippen molar-refractivity contribution in [2.24, 2.45) is 0 Å². The van der Waals surface area contributed by atoms with Crippen LogP contribution in [0.2, 0.25) is 0 Å². The van der Waals surface area contributed by atoms with Crippen LogP contribution in [0.15, 0.2) is 24.3 Å². The number of benzene rings is 1. The van der Waals surface area contributed by atoms with Crippen LogP contribution in [0.5, 0.6) is 0 Å². The molecule has 3 nitrogen and oxygen atoms in total. The predicted octanol–water partition coefficient (Wildman–Crippen LogP) is 0.930. The Morgan fingerprint density at radius 3 is 2.69 bits per heavy atom. The van der Waals surface area contributed by atoms with E-state index in [9.17, 15) is 0 Å². The minimum absolute atomic E-state index is 0.328. The Kier molecular flexibility index (Phi) is 2.47. The molecule has 70 valence electrons. The fourth-order valence-electron chi connectivity index (χ4n) is 1.51. The van der Waals surface area contributed by atoms with Crippen LogP contribution in [0.1, 0.15) is 11.6 Å². The van der Waals surface area contributed by atoms with Gasteiger partial charge in [0.1, 0.15) is 0 Å². The van der Waals surface area contributed by atoms with E-state index in [-0.39, 0.29) is 0 Å². The molecule has 0 amide bonds. The van der Waals surface area contributed by atoms with Gasteiger partial charge in [0.2, 0.25) is 0 Å². The Morgan fingerprint density at radius 2 is 2.08 bits per heavy atom. The first-order valence-corrected chi connectivity index (χ1v) is 4.53. The van der Waals surface area contributed by atoms with E-state index in [4.69, 9.17) is 10.5 Å². The van der Waals surface area contributed by atoms with E-state index >= 15 is 0 Å². The SMILES string of the molecule is Nc1ccc([C@@H]2COCCN2)cc1. The lowest BCUT2D eigenvalue weighted by molar-refractivity contribution is 0.0769. The third kappa shape index (κ3) is 1.99. The van der Waals surface area contributed by atoms with E-state index < -0.39 is 0 Å². The molecule has 0 aliphatic carbocycles. The molecule has 1 saturated heterocycles. The Morgan fingerprint density at radius 1 is 1.31 bits per heavy atom. The van der Waals surface area contributed by atoms with E-state index in [0.29, 0.717) is 6.04 Å². The van der Waals surface area contributed by atoms with E-state index in [1.807, 2.05) is 24.3 Å². The maximum Gasteiger partial charge on any atom is 0.0662 e. The van der Waals surface area contributed by atoms with Crippen molar-refractivity contribution in [1.29, 1.82) is 0 Å². The minimum Gasteiger partial charge on any atom is -0.399 e. The molecule has 3 heteroatoms. The van der Waals surface area contributed by atoms with E-state index in [1.54, 1.807) is 0 Å². The molecule has 1 heterocycles. The molecule has 1 aliphatic rings. The highest BCUT2D eigenvalue weighted by Gasteiger charge is 2.14. The quantitative estimate of drug-likeness (QED) is 0.629. The van der Waals surface area contributed by atoms with Crippen molar-refractivity contribution >= 4 is 5.69 Å². The molecule has 0 bridgehead atoms. The normalized spacial score (nSPS) is 22.9.